The van der Waals surface area contributed by atoms with Gasteiger partial charge in [-0.1, -0.05) is 0 Å². The monoisotopic (exact) mass is 249 g/mol. The highest BCUT2D eigenvalue weighted by atomic mass is 35.5. The van der Waals surface area contributed by atoms with E-state index in [4.69, 9.17) is 5.73 Å². The Kier molecular flexibility index (Phi) is 5.75. The van der Waals surface area contributed by atoms with Gasteiger partial charge < -0.3 is 16.0 Å². The number of carbonyl (C=O) groups excluding carboxylic acids is 2. The zero-order valence-electron chi connectivity index (χ0n) is 9.90. The summed E-state index contributed by atoms with van der Waals surface area (Å²) in [6.07, 6.45) is 0.386. The predicted molar refractivity (Wildman–Crippen MR) is 64.3 cm³/mol. The van der Waals surface area contributed by atoms with Crippen molar-refractivity contribution in [1.29, 1.82) is 0 Å². The number of nitrogens with one attached hydrogen (secondary N) is 1. The number of rotatable bonds is 3. The molecule has 1 aliphatic rings. The maximum Gasteiger partial charge on any atom is 0.236 e. The highest BCUT2D eigenvalue weighted by molar-refractivity contribution is 5.85. The molecule has 1 fully saturated rings. The lowest BCUT2D eigenvalue weighted by atomic mass is 10.2. The summed E-state index contributed by atoms with van der Waals surface area (Å²) in [6, 6.07) is -0.415. The van der Waals surface area contributed by atoms with Crippen LogP contribution >= 0.6 is 12.4 Å². The van der Waals surface area contributed by atoms with Crippen molar-refractivity contribution in [2.75, 3.05) is 6.54 Å². The van der Waals surface area contributed by atoms with E-state index in [1.165, 1.54) is 0 Å². The van der Waals surface area contributed by atoms with Crippen LogP contribution in [0.2, 0.25) is 0 Å². The minimum absolute atomic E-state index is 0. The molecule has 2 amide bonds. The topological polar surface area (TPSA) is 75.4 Å². The molecule has 0 aliphatic carbocycles. The summed E-state index contributed by atoms with van der Waals surface area (Å²) in [5.41, 5.74) is 5.43. The molecule has 0 aromatic carbocycles. The van der Waals surface area contributed by atoms with Crippen LogP contribution in [0, 0.1) is 0 Å². The number of hydrogen-bond donors (Lipinski definition) is 2. The summed E-state index contributed by atoms with van der Waals surface area (Å²) in [4.78, 5) is 24.6. The highest BCUT2D eigenvalue weighted by Crippen LogP contribution is 2.14. The predicted octanol–water partition coefficient (Wildman–Crippen LogP) is -0.119. The molecule has 1 aliphatic heterocycles. The van der Waals surface area contributed by atoms with Crippen molar-refractivity contribution >= 4 is 24.2 Å². The van der Waals surface area contributed by atoms with E-state index in [9.17, 15) is 9.59 Å². The second-order valence-electron chi connectivity index (χ2n) is 4.34. The van der Waals surface area contributed by atoms with Crippen LogP contribution in [-0.2, 0) is 9.59 Å². The van der Waals surface area contributed by atoms with Crippen LogP contribution in [0.5, 0.6) is 0 Å². The standard InChI is InChI=1S/C10H19N3O2.ClH/c1-6(2)13-5-8(4-9(13)14)12-10(15)7(3)11;/h6-8H,4-5,11H2,1-3H3,(H,12,15);1H/t7-,8?;/m0./s1. The maximum atomic E-state index is 11.5. The lowest BCUT2D eigenvalue weighted by molar-refractivity contribution is -0.129. The molecule has 1 rings (SSSR count). The van der Waals surface area contributed by atoms with Gasteiger partial charge in [-0.05, 0) is 20.8 Å². The van der Waals surface area contributed by atoms with Gasteiger partial charge in [0.2, 0.25) is 11.8 Å². The molecule has 0 aromatic heterocycles. The fraction of sp³-hybridized carbons (Fsp3) is 0.800. The van der Waals surface area contributed by atoms with E-state index in [0.29, 0.717) is 13.0 Å². The molecule has 0 aromatic rings. The number of amides is 2. The van der Waals surface area contributed by atoms with Gasteiger partial charge in [0.15, 0.2) is 0 Å². The maximum absolute atomic E-state index is 11.5. The number of nitrogens with two attached hydrogens (primary N) is 1. The van der Waals surface area contributed by atoms with Gasteiger partial charge in [-0.2, -0.15) is 0 Å². The Labute approximate surface area is 102 Å². The van der Waals surface area contributed by atoms with Crippen LogP contribution in [0.3, 0.4) is 0 Å². The molecule has 1 heterocycles. The summed E-state index contributed by atoms with van der Waals surface area (Å²) in [5, 5.41) is 2.77. The second kappa shape index (κ2) is 6.06. The molecule has 0 bridgehead atoms. The van der Waals surface area contributed by atoms with Gasteiger partial charge in [0.25, 0.3) is 0 Å². The molecule has 2 atom stereocenters. The highest BCUT2D eigenvalue weighted by Gasteiger charge is 2.32. The van der Waals surface area contributed by atoms with Crippen LogP contribution in [0.15, 0.2) is 0 Å². The van der Waals surface area contributed by atoms with Crippen molar-refractivity contribution in [3.63, 3.8) is 0 Å². The number of carbonyl (C=O) groups is 2. The summed E-state index contributed by atoms with van der Waals surface area (Å²) in [7, 11) is 0. The van der Waals surface area contributed by atoms with Crippen molar-refractivity contribution in [2.24, 2.45) is 5.73 Å². The molecule has 0 spiro atoms. The van der Waals surface area contributed by atoms with E-state index >= 15 is 0 Å². The Morgan fingerprint density at radius 3 is 2.44 bits per heavy atom. The van der Waals surface area contributed by atoms with Crippen LogP contribution in [0.1, 0.15) is 27.2 Å². The molecule has 0 saturated carbocycles. The van der Waals surface area contributed by atoms with E-state index in [2.05, 4.69) is 5.32 Å². The van der Waals surface area contributed by atoms with Crippen LogP contribution in [0.4, 0.5) is 0 Å². The fourth-order valence-corrected chi connectivity index (χ4v) is 1.66. The quantitative estimate of drug-likeness (QED) is 0.732. The van der Waals surface area contributed by atoms with Crippen molar-refractivity contribution in [3.8, 4) is 0 Å². The molecular formula is C10H20ClN3O2. The summed E-state index contributed by atoms with van der Waals surface area (Å²) >= 11 is 0. The first kappa shape index (κ1) is 15.2. The first-order valence-electron chi connectivity index (χ1n) is 5.27. The molecule has 0 radical (unpaired) electrons. The van der Waals surface area contributed by atoms with Crippen molar-refractivity contribution in [2.45, 2.75) is 45.3 Å². The molecule has 6 heteroatoms. The number of hydrogen-bond acceptors (Lipinski definition) is 3. The lowest BCUT2D eigenvalue weighted by Gasteiger charge is -2.21. The van der Waals surface area contributed by atoms with Crippen LogP contribution in [-0.4, -0.2) is 41.4 Å². The summed E-state index contributed by atoms with van der Waals surface area (Å²) in [6.45, 7) is 6.16. The lowest BCUT2D eigenvalue weighted by Crippen LogP contribution is -2.45. The minimum Gasteiger partial charge on any atom is -0.350 e. The van der Waals surface area contributed by atoms with Gasteiger partial charge in [-0.25, -0.2) is 0 Å². The zero-order chi connectivity index (χ0) is 11.6. The smallest absolute Gasteiger partial charge is 0.236 e. The van der Waals surface area contributed by atoms with E-state index in [0.717, 1.165) is 0 Å². The average molecular weight is 250 g/mol. The van der Waals surface area contributed by atoms with Gasteiger partial charge in [0.1, 0.15) is 0 Å². The third-order valence-electron chi connectivity index (χ3n) is 2.54. The molecule has 3 N–H and O–H groups in total. The Balaban J connectivity index is 0.00000225. The van der Waals surface area contributed by atoms with Crippen molar-refractivity contribution in [3.05, 3.63) is 0 Å². The SMILES string of the molecule is CC(C)N1CC(NC(=O)[C@H](C)N)CC1=O.Cl. The summed E-state index contributed by atoms with van der Waals surface area (Å²) < 4.78 is 0. The van der Waals surface area contributed by atoms with Crippen molar-refractivity contribution < 1.29 is 9.59 Å². The third-order valence-corrected chi connectivity index (χ3v) is 2.54. The first-order valence-corrected chi connectivity index (χ1v) is 5.27. The largest absolute Gasteiger partial charge is 0.350 e. The molecule has 1 saturated heterocycles. The Morgan fingerprint density at radius 2 is 2.06 bits per heavy atom. The molecule has 5 nitrogen and oxygen atoms in total. The molecule has 94 valence electrons. The van der Waals surface area contributed by atoms with Gasteiger partial charge in [-0.3, -0.25) is 9.59 Å². The normalized spacial score (nSPS) is 21.9. The van der Waals surface area contributed by atoms with Crippen LogP contribution < -0.4 is 11.1 Å². The number of halogens is 1. The number of likely N-dealkylation sites (tertiary alicyclic amines) is 1. The van der Waals surface area contributed by atoms with Crippen molar-refractivity contribution in [1.82, 2.24) is 10.2 Å². The zero-order valence-corrected chi connectivity index (χ0v) is 10.7. The van der Waals surface area contributed by atoms with Gasteiger partial charge in [-0.15, -0.1) is 12.4 Å². The Bertz CT molecular complexity index is 269. The van der Waals surface area contributed by atoms with E-state index < -0.39 is 6.04 Å². The first-order chi connectivity index (χ1) is 6.91. The van der Waals surface area contributed by atoms with Gasteiger partial charge in [0, 0.05) is 19.0 Å². The van der Waals surface area contributed by atoms with Crippen LogP contribution in [0.25, 0.3) is 0 Å². The fourth-order valence-electron chi connectivity index (χ4n) is 1.66. The van der Waals surface area contributed by atoms with E-state index in [1.54, 1.807) is 11.8 Å². The molecule has 16 heavy (non-hydrogen) atoms. The average Bonchev–Trinajstić information content (AvgIpc) is 2.46. The minimum atomic E-state index is -0.520. The van der Waals surface area contributed by atoms with E-state index in [1.807, 2.05) is 13.8 Å². The van der Waals surface area contributed by atoms with Gasteiger partial charge in [0.05, 0.1) is 12.1 Å². The summed E-state index contributed by atoms with van der Waals surface area (Å²) in [5.74, 6) is -0.0987. The van der Waals surface area contributed by atoms with E-state index in [-0.39, 0.29) is 36.3 Å². The Morgan fingerprint density at radius 1 is 1.50 bits per heavy atom. The Hall–Kier alpha value is -0.810. The number of nitrogens with zero attached hydrogens (tertiary/aromatic N) is 1. The third kappa shape index (κ3) is 3.64. The molecular weight excluding hydrogens is 230 g/mol. The van der Waals surface area contributed by atoms with Gasteiger partial charge >= 0.3 is 0 Å². The second-order valence-corrected chi connectivity index (χ2v) is 4.34. The molecule has 1 unspecified atom stereocenters.